The lowest BCUT2D eigenvalue weighted by molar-refractivity contribution is -0.137. The Kier molecular flexibility index (Phi) is 4.83. The molecule has 1 saturated carbocycles. The molecule has 3 nitrogen and oxygen atoms in total. The molecule has 0 aliphatic heterocycles. The second kappa shape index (κ2) is 6.60. The van der Waals surface area contributed by atoms with E-state index in [4.69, 9.17) is 9.84 Å². The molecule has 1 fully saturated rings. The fourth-order valence-corrected chi connectivity index (χ4v) is 2.94. The molecule has 19 heavy (non-hydrogen) atoms. The van der Waals surface area contributed by atoms with E-state index in [0.717, 1.165) is 12.2 Å². The summed E-state index contributed by atoms with van der Waals surface area (Å²) in [6.07, 6.45) is 6.87. The summed E-state index contributed by atoms with van der Waals surface area (Å²) in [5.41, 5.74) is 2.54. The maximum Gasteiger partial charge on any atom is 0.303 e. The minimum Gasteiger partial charge on any atom is -0.496 e. The lowest BCUT2D eigenvalue weighted by Crippen LogP contribution is -2.00. The molecule has 0 heterocycles. The molecule has 1 aliphatic rings. The van der Waals surface area contributed by atoms with E-state index in [-0.39, 0.29) is 6.42 Å². The van der Waals surface area contributed by atoms with Gasteiger partial charge in [0, 0.05) is 6.42 Å². The van der Waals surface area contributed by atoms with Crippen LogP contribution in [0.15, 0.2) is 18.2 Å². The molecule has 1 aromatic carbocycles. The van der Waals surface area contributed by atoms with E-state index in [2.05, 4.69) is 12.1 Å². The Morgan fingerprint density at radius 3 is 2.74 bits per heavy atom. The Labute approximate surface area is 114 Å². The van der Waals surface area contributed by atoms with Crippen molar-refractivity contribution >= 4 is 5.97 Å². The number of carbonyl (C=O) groups is 1. The summed E-state index contributed by atoms with van der Waals surface area (Å²) >= 11 is 0. The minimum absolute atomic E-state index is 0.241. The van der Waals surface area contributed by atoms with Gasteiger partial charge in [0.1, 0.15) is 5.75 Å². The molecule has 3 heteroatoms. The van der Waals surface area contributed by atoms with Crippen LogP contribution in [0.5, 0.6) is 5.75 Å². The largest absolute Gasteiger partial charge is 0.496 e. The Hall–Kier alpha value is -1.51. The van der Waals surface area contributed by atoms with E-state index >= 15 is 0 Å². The highest BCUT2D eigenvalue weighted by atomic mass is 16.5. The maximum atomic E-state index is 10.5. The van der Waals surface area contributed by atoms with Crippen molar-refractivity contribution in [3.05, 3.63) is 29.3 Å². The normalized spacial score (nSPS) is 15.6. The molecule has 0 amide bonds. The van der Waals surface area contributed by atoms with E-state index in [1.807, 2.05) is 6.07 Å². The number of benzene rings is 1. The first kappa shape index (κ1) is 13.9. The highest BCUT2D eigenvalue weighted by Gasteiger charge is 2.20. The molecule has 0 bridgehead atoms. The molecule has 1 aromatic rings. The van der Waals surface area contributed by atoms with Crippen LogP contribution in [0.2, 0.25) is 0 Å². The zero-order valence-electron chi connectivity index (χ0n) is 11.5. The zero-order valence-corrected chi connectivity index (χ0v) is 11.5. The van der Waals surface area contributed by atoms with Crippen LogP contribution >= 0.6 is 0 Å². The van der Waals surface area contributed by atoms with Gasteiger partial charge in [-0.3, -0.25) is 4.79 Å². The fourth-order valence-electron chi connectivity index (χ4n) is 2.94. The van der Waals surface area contributed by atoms with Crippen molar-refractivity contribution in [1.29, 1.82) is 0 Å². The van der Waals surface area contributed by atoms with Crippen LogP contribution in [0.25, 0.3) is 0 Å². The average Bonchev–Trinajstić information content (AvgIpc) is 2.92. The first-order valence-corrected chi connectivity index (χ1v) is 7.09. The highest BCUT2D eigenvalue weighted by molar-refractivity contribution is 5.66. The quantitative estimate of drug-likeness (QED) is 0.849. The molecule has 1 aliphatic carbocycles. The average molecular weight is 262 g/mol. The number of rotatable bonds is 6. The van der Waals surface area contributed by atoms with Crippen molar-refractivity contribution in [3.63, 3.8) is 0 Å². The van der Waals surface area contributed by atoms with Crippen LogP contribution in [0.1, 0.15) is 55.6 Å². The summed E-state index contributed by atoms with van der Waals surface area (Å²) in [6, 6.07) is 6.31. The van der Waals surface area contributed by atoms with Crippen LogP contribution < -0.4 is 4.74 Å². The molecule has 0 radical (unpaired) electrons. The van der Waals surface area contributed by atoms with Crippen molar-refractivity contribution in [2.45, 2.75) is 50.9 Å². The van der Waals surface area contributed by atoms with Crippen molar-refractivity contribution in [3.8, 4) is 5.75 Å². The van der Waals surface area contributed by atoms with E-state index in [1.165, 1.54) is 36.8 Å². The van der Waals surface area contributed by atoms with E-state index in [9.17, 15) is 4.79 Å². The van der Waals surface area contributed by atoms with Gasteiger partial charge in [-0.15, -0.1) is 0 Å². The van der Waals surface area contributed by atoms with Crippen molar-refractivity contribution in [2.24, 2.45) is 0 Å². The Morgan fingerprint density at radius 1 is 1.37 bits per heavy atom. The van der Waals surface area contributed by atoms with Gasteiger partial charge in [0.05, 0.1) is 7.11 Å². The fraction of sp³-hybridized carbons (Fsp3) is 0.562. The van der Waals surface area contributed by atoms with Gasteiger partial charge in [-0.1, -0.05) is 25.0 Å². The van der Waals surface area contributed by atoms with Crippen LogP contribution in [-0.2, 0) is 11.2 Å². The van der Waals surface area contributed by atoms with Crippen molar-refractivity contribution in [2.75, 3.05) is 7.11 Å². The molecule has 1 N–H and O–H groups in total. The van der Waals surface area contributed by atoms with Gasteiger partial charge in [0.2, 0.25) is 0 Å². The lowest BCUT2D eigenvalue weighted by Gasteiger charge is -2.16. The van der Waals surface area contributed by atoms with Crippen molar-refractivity contribution in [1.82, 2.24) is 0 Å². The Morgan fingerprint density at radius 2 is 2.11 bits per heavy atom. The molecule has 2 rings (SSSR count). The van der Waals surface area contributed by atoms with E-state index in [0.29, 0.717) is 12.3 Å². The van der Waals surface area contributed by atoms with Gasteiger partial charge in [-0.25, -0.2) is 0 Å². The standard InChI is InChI=1S/C16H22O3/c1-19-15-10-9-12(5-4-8-16(17)18)11-14(15)13-6-2-3-7-13/h9-11,13H,2-8H2,1H3,(H,17,18). The van der Waals surface area contributed by atoms with Gasteiger partial charge >= 0.3 is 5.97 Å². The smallest absolute Gasteiger partial charge is 0.303 e. The number of hydrogen-bond donors (Lipinski definition) is 1. The number of methoxy groups -OCH3 is 1. The highest BCUT2D eigenvalue weighted by Crippen LogP contribution is 2.39. The maximum absolute atomic E-state index is 10.5. The second-order valence-electron chi connectivity index (χ2n) is 5.30. The SMILES string of the molecule is COc1ccc(CCCC(=O)O)cc1C1CCCC1. The summed E-state index contributed by atoms with van der Waals surface area (Å²) in [6.45, 7) is 0. The second-order valence-corrected chi connectivity index (χ2v) is 5.30. The predicted octanol–water partition coefficient (Wildman–Crippen LogP) is 3.76. The van der Waals surface area contributed by atoms with E-state index < -0.39 is 5.97 Å². The topological polar surface area (TPSA) is 46.5 Å². The number of aryl methyl sites for hydroxylation is 1. The summed E-state index contributed by atoms with van der Waals surface area (Å²) in [5, 5.41) is 8.68. The minimum atomic E-state index is -0.718. The molecular weight excluding hydrogens is 240 g/mol. The molecular formula is C16H22O3. The lowest BCUT2D eigenvalue weighted by atomic mass is 9.93. The summed E-state index contributed by atoms with van der Waals surface area (Å²) in [4.78, 5) is 10.5. The Bertz CT molecular complexity index is 434. The zero-order chi connectivity index (χ0) is 13.7. The van der Waals surface area contributed by atoms with Crippen molar-refractivity contribution < 1.29 is 14.6 Å². The third-order valence-electron chi connectivity index (χ3n) is 3.95. The number of carboxylic acids is 1. The van der Waals surface area contributed by atoms with Gasteiger partial charge < -0.3 is 9.84 Å². The van der Waals surface area contributed by atoms with Gasteiger partial charge in [-0.2, -0.15) is 0 Å². The van der Waals surface area contributed by atoms with Gasteiger partial charge in [0.15, 0.2) is 0 Å². The van der Waals surface area contributed by atoms with Crippen LogP contribution in [0, 0.1) is 0 Å². The monoisotopic (exact) mass is 262 g/mol. The third-order valence-corrected chi connectivity index (χ3v) is 3.95. The van der Waals surface area contributed by atoms with Crippen LogP contribution in [0.3, 0.4) is 0 Å². The molecule has 0 unspecified atom stereocenters. The van der Waals surface area contributed by atoms with Gasteiger partial charge in [0.25, 0.3) is 0 Å². The van der Waals surface area contributed by atoms with E-state index in [1.54, 1.807) is 7.11 Å². The number of ether oxygens (including phenoxy) is 1. The molecule has 0 aromatic heterocycles. The number of hydrogen-bond acceptors (Lipinski definition) is 2. The first-order chi connectivity index (χ1) is 9.20. The molecule has 0 spiro atoms. The summed E-state index contributed by atoms with van der Waals surface area (Å²) in [5.74, 6) is 0.882. The molecule has 0 saturated heterocycles. The number of carboxylic acid groups (broad SMARTS) is 1. The molecule has 104 valence electrons. The third kappa shape index (κ3) is 3.72. The van der Waals surface area contributed by atoms with Gasteiger partial charge in [-0.05, 0) is 48.8 Å². The number of aliphatic carboxylic acids is 1. The first-order valence-electron chi connectivity index (χ1n) is 7.09. The Balaban J connectivity index is 2.08. The van der Waals surface area contributed by atoms with Crippen LogP contribution in [-0.4, -0.2) is 18.2 Å². The van der Waals surface area contributed by atoms with Crippen LogP contribution in [0.4, 0.5) is 0 Å². The summed E-state index contributed by atoms with van der Waals surface area (Å²) < 4.78 is 5.46. The predicted molar refractivity (Wildman–Crippen MR) is 74.8 cm³/mol. The molecule has 0 atom stereocenters. The summed E-state index contributed by atoms with van der Waals surface area (Å²) in [7, 11) is 1.72.